The Kier molecular flexibility index (Phi) is 6.58. The molecule has 26 heavy (non-hydrogen) atoms. The first-order valence-corrected chi connectivity index (χ1v) is 8.35. The molecular weight excluding hydrogens is 336 g/mol. The zero-order chi connectivity index (χ0) is 19.1. The second-order valence-electron chi connectivity index (χ2n) is 5.54. The molecule has 8 nitrogen and oxygen atoms in total. The summed E-state index contributed by atoms with van der Waals surface area (Å²) in [5.74, 6) is 0.717. The van der Waals surface area contributed by atoms with Crippen molar-refractivity contribution >= 4 is 5.91 Å². The van der Waals surface area contributed by atoms with Gasteiger partial charge in [0.1, 0.15) is 17.2 Å². The average molecular weight is 358 g/mol. The molecule has 8 heteroatoms. The third-order valence-electron chi connectivity index (χ3n) is 3.67. The molecule has 0 saturated carbocycles. The number of rotatable bonds is 9. The van der Waals surface area contributed by atoms with Crippen LogP contribution >= 0.6 is 0 Å². The van der Waals surface area contributed by atoms with Crippen LogP contribution in [0.2, 0.25) is 0 Å². The van der Waals surface area contributed by atoms with Crippen molar-refractivity contribution in [1.29, 1.82) is 5.26 Å². The zero-order valence-electron chi connectivity index (χ0n) is 14.9. The van der Waals surface area contributed by atoms with Gasteiger partial charge in [0.25, 0.3) is 5.91 Å². The summed E-state index contributed by atoms with van der Waals surface area (Å²) in [6.07, 6.45) is 1.33. The fourth-order valence-electron chi connectivity index (χ4n) is 2.56. The van der Waals surface area contributed by atoms with Crippen LogP contribution in [0.15, 0.2) is 18.2 Å². The van der Waals surface area contributed by atoms with Gasteiger partial charge in [0.15, 0.2) is 12.4 Å². The van der Waals surface area contributed by atoms with E-state index in [0.717, 1.165) is 11.4 Å². The Morgan fingerprint density at radius 1 is 1.31 bits per heavy atom. The molecule has 1 aromatic heterocycles. The summed E-state index contributed by atoms with van der Waals surface area (Å²) < 4.78 is 13.0. The molecule has 1 amide bonds. The van der Waals surface area contributed by atoms with Gasteiger partial charge < -0.3 is 20.3 Å². The Labute approximate surface area is 151 Å². The van der Waals surface area contributed by atoms with Crippen molar-refractivity contribution in [3.05, 3.63) is 35.2 Å². The van der Waals surface area contributed by atoms with Crippen molar-refractivity contribution in [1.82, 2.24) is 9.78 Å². The number of nitriles is 1. The van der Waals surface area contributed by atoms with Gasteiger partial charge in [-0.15, -0.1) is 0 Å². The highest BCUT2D eigenvalue weighted by Crippen LogP contribution is 2.33. The molecule has 0 radical (unpaired) electrons. The molecule has 0 bridgehead atoms. The van der Waals surface area contributed by atoms with Crippen LogP contribution < -0.4 is 15.2 Å². The van der Waals surface area contributed by atoms with Crippen LogP contribution in [0.25, 0.3) is 0 Å². The summed E-state index contributed by atoms with van der Waals surface area (Å²) in [4.78, 5) is 10.9. The number of hydrogen-bond donors (Lipinski definition) is 2. The number of hydrogen-bond acceptors (Lipinski definition) is 6. The highest BCUT2D eigenvalue weighted by Gasteiger charge is 2.18. The molecular formula is C18H22N4O4. The summed E-state index contributed by atoms with van der Waals surface area (Å²) in [7, 11) is 0. The van der Waals surface area contributed by atoms with E-state index in [1.807, 2.05) is 19.9 Å². The Hall–Kier alpha value is -3.05. The molecule has 0 atom stereocenters. The predicted molar refractivity (Wildman–Crippen MR) is 94.0 cm³/mol. The third kappa shape index (κ3) is 4.52. The highest BCUT2D eigenvalue weighted by atomic mass is 16.5. The largest absolute Gasteiger partial charge is 0.484 e. The van der Waals surface area contributed by atoms with E-state index >= 15 is 0 Å². The van der Waals surface area contributed by atoms with Gasteiger partial charge in [-0.3, -0.25) is 9.48 Å². The van der Waals surface area contributed by atoms with E-state index in [-0.39, 0.29) is 13.2 Å². The minimum Gasteiger partial charge on any atom is -0.484 e. The number of nitrogens with zero attached hydrogens (tertiary/aromatic N) is 3. The fourth-order valence-corrected chi connectivity index (χ4v) is 2.56. The molecule has 0 spiro atoms. The maximum atomic E-state index is 10.9. The third-order valence-corrected chi connectivity index (χ3v) is 3.67. The topological polar surface area (TPSA) is 123 Å². The lowest BCUT2D eigenvalue weighted by molar-refractivity contribution is -0.119. The molecule has 2 aromatic rings. The Morgan fingerprint density at radius 2 is 2.04 bits per heavy atom. The number of ether oxygens (including phenoxy) is 2. The highest BCUT2D eigenvalue weighted by molar-refractivity contribution is 5.75. The SMILES string of the molecule is CCc1nn(CCO)c(CC)c1Oc1cc(C#N)cc(OCC(N)=O)c1. The van der Waals surface area contributed by atoms with Gasteiger partial charge in [0.05, 0.1) is 30.5 Å². The normalized spacial score (nSPS) is 10.4. The van der Waals surface area contributed by atoms with Gasteiger partial charge in [-0.25, -0.2) is 0 Å². The molecule has 2 rings (SSSR count). The lowest BCUT2D eigenvalue weighted by Gasteiger charge is -2.11. The zero-order valence-corrected chi connectivity index (χ0v) is 14.9. The number of carbonyl (C=O) groups is 1. The van der Waals surface area contributed by atoms with Crippen molar-refractivity contribution in [2.24, 2.45) is 5.73 Å². The number of aromatic nitrogens is 2. The van der Waals surface area contributed by atoms with Crippen LogP contribution in [-0.2, 0) is 24.2 Å². The van der Waals surface area contributed by atoms with Crippen molar-refractivity contribution in [3.63, 3.8) is 0 Å². The molecule has 0 aliphatic carbocycles. The summed E-state index contributed by atoms with van der Waals surface area (Å²) in [6.45, 7) is 4.01. The van der Waals surface area contributed by atoms with Crippen LogP contribution in [0, 0.1) is 11.3 Å². The Bertz CT molecular complexity index is 823. The van der Waals surface area contributed by atoms with Crippen molar-refractivity contribution in [2.75, 3.05) is 13.2 Å². The summed E-state index contributed by atoms with van der Waals surface area (Å²) in [6, 6.07) is 6.71. The first-order chi connectivity index (χ1) is 12.5. The number of carbonyl (C=O) groups excluding carboxylic acids is 1. The van der Waals surface area contributed by atoms with Crippen molar-refractivity contribution in [2.45, 2.75) is 33.2 Å². The molecule has 0 unspecified atom stereocenters. The molecule has 0 fully saturated rings. The summed E-state index contributed by atoms with van der Waals surface area (Å²) in [5.41, 5.74) is 7.04. The number of aliphatic hydroxyl groups is 1. The smallest absolute Gasteiger partial charge is 0.255 e. The summed E-state index contributed by atoms with van der Waals surface area (Å²) >= 11 is 0. The van der Waals surface area contributed by atoms with E-state index in [0.29, 0.717) is 42.2 Å². The van der Waals surface area contributed by atoms with Crippen molar-refractivity contribution in [3.8, 4) is 23.3 Å². The monoisotopic (exact) mass is 358 g/mol. The van der Waals surface area contributed by atoms with Gasteiger partial charge in [0.2, 0.25) is 0 Å². The predicted octanol–water partition coefficient (Wildman–Crippen LogP) is 1.53. The fraction of sp³-hybridized carbons (Fsp3) is 0.389. The number of amides is 1. The maximum Gasteiger partial charge on any atom is 0.255 e. The van der Waals surface area contributed by atoms with E-state index < -0.39 is 5.91 Å². The van der Waals surface area contributed by atoms with Gasteiger partial charge in [0, 0.05) is 6.07 Å². The molecule has 1 aromatic carbocycles. The molecule has 1 heterocycles. The Balaban J connectivity index is 2.39. The average Bonchev–Trinajstić information content (AvgIpc) is 2.96. The van der Waals surface area contributed by atoms with Gasteiger partial charge >= 0.3 is 0 Å². The molecule has 3 N–H and O–H groups in total. The second kappa shape index (κ2) is 8.87. The lowest BCUT2D eigenvalue weighted by Crippen LogP contribution is -2.20. The number of benzene rings is 1. The summed E-state index contributed by atoms with van der Waals surface area (Å²) in [5, 5.41) is 22.9. The van der Waals surface area contributed by atoms with Crippen LogP contribution in [0.3, 0.4) is 0 Å². The Morgan fingerprint density at radius 3 is 2.62 bits per heavy atom. The second-order valence-corrected chi connectivity index (χ2v) is 5.54. The van der Waals surface area contributed by atoms with Crippen LogP contribution in [0.5, 0.6) is 17.2 Å². The van der Waals surface area contributed by atoms with E-state index in [4.69, 9.17) is 15.2 Å². The number of primary amides is 1. The number of aliphatic hydroxyl groups excluding tert-OH is 1. The minimum absolute atomic E-state index is 0.0215. The lowest BCUT2D eigenvalue weighted by atomic mass is 10.2. The van der Waals surface area contributed by atoms with Gasteiger partial charge in [-0.05, 0) is 25.0 Å². The minimum atomic E-state index is -0.610. The van der Waals surface area contributed by atoms with Crippen molar-refractivity contribution < 1.29 is 19.4 Å². The maximum absolute atomic E-state index is 10.9. The molecule has 0 aliphatic rings. The molecule has 0 saturated heterocycles. The number of nitrogens with two attached hydrogens (primary N) is 1. The van der Waals surface area contributed by atoms with Gasteiger partial charge in [-0.2, -0.15) is 10.4 Å². The van der Waals surface area contributed by atoms with Gasteiger partial charge in [-0.1, -0.05) is 13.8 Å². The van der Waals surface area contributed by atoms with Crippen LogP contribution in [0.4, 0.5) is 0 Å². The first-order valence-electron chi connectivity index (χ1n) is 8.35. The van der Waals surface area contributed by atoms with E-state index in [1.165, 1.54) is 6.07 Å². The molecule has 0 aliphatic heterocycles. The number of aryl methyl sites for hydroxylation is 1. The van der Waals surface area contributed by atoms with E-state index in [1.54, 1.807) is 16.8 Å². The van der Waals surface area contributed by atoms with E-state index in [2.05, 4.69) is 5.10 Å². The van der Waals surface area contributed by atoms with Crippen LogP contribution in [0.1, 0.15) is 30.8 Å². The first kappa shape index (κ1) is 19.3. The van der Waals surface area contributed by atoms with Crippen LogP contribution in [-0.4, -0.2) is 34.0 Å². The quantitative estimate of drug-likeness (QED) is 0.700. The standard InChI is InChI=1S/C18H22N4O4/c1-3-15-18(16(4-2)22(21-15)5-6-23)26-14-8-12(10-19)7-13(9-14)25-11-17(20)24/h7-9,23H,3-6,11H2,1-2H3,(H2,20,24). The molecule has 138 valence electrons. The van der Waals surface area contributed by atoms with E-state index in [9.17, 15) is 15.2 Å².